The van der Waals surface area contributed by atoms with E-state index in [1.165, 1.54) is 12.1 Å². The number of nitrogens with two attached hydrogens (primary N) is 2. The van der Waals surface area contributed by atoms with Gasteiger partial charge < -0.3 is 10.5 Å². The average molecular weight is 256 g/mol. The molecular weight excluding hydrogens is 244 g/mol. The summed E-state index contributed by atoms with van der Waals surface area (Å²) in [4.78, 5) is 11.1. The Morgan fingerprint density at radius 2 is 2.00 bits per heavy atom. The van der Waals surface area contributed by atoms with Crippen molar-refractivity contribution in [3.05, 3.63) is 23.8 Å². The zero-order chi connectivity index (χ0) is 12.6. The van der Waals surface area contributed by atoms with Gasteiger partial charge in [0.05, 0.1) is 16.6 Å². The molecule has 6 nitrogen and oxygen atoms in total. The molecule has 0 saturated heterocycles. The standard InChI is InChI=1S/C10H12N2O4S/c11-10(13)8-5-7(17(12,14)15)3-4-9(8)16-6-1-2-6/h3-6H,1-2H2,(H2,11,13)(H2,12,14,15). The Bertz CT molecular complexity index is 564. The summed E-state index contributed by atoms with van der Waals surface area (Å²) in [6, 6.07) is 3.83. The number of ether oxygens (including phenoxy) is 1. The quantitative estimate of drug-likeness (QED) is 0.787. The first kappa shape index (κ1) is 11.9. The van der Waals surface area contributed by atoms with Crippen molar-refractivity contribution >= 4 is 15.9 Å². The lowest BCUT2D eigenvalue weighted by Crippen LogP contribution is -2.17. The summed E-state index contributed by atoms with van der Waals surface area (Å²) < 4.78 is 27.7. The Morgan fingerprint density at radius 3 is 2.47 bits per heavy atom. The highest BCUT2D eigenvalue weighted by Crippen LogP contribution is 2.30. The first-order chi connectivity index (χ1) is 7.88. The summed E-state index contributed by atoms with van der Waals surface area (Å²) in [5, 5.41) is 4.97. The highest BCUT2D eigenvalue weighted by molar-refractivity contribution is 7.89. The third-order valence-electron chi connectivity index (χ3n) is 2.36. The number of amides is 1. The molecule has 0 unspecified atom stereocenters. The zero-order valence-corrected chi connectivity index (χ0v) is 9.74. The number of sulfonamides is 1. The second-order valence-electron chi connectivity index (χ2n) is 3.88. The van der Waals surface area contributed by atoms with Crippen LogP contribution in [0.25, 0.3) is 0 Å². The normalized spacial score (nSPS) is 15.6. The Morgan fingerprint density at radius 1 is 1.35 bits per heavy atom. The Kier molecular flexibility index (Phi) is 2.80. The molecule has 92 valence electrons. The van der Waals surface area contributed by atoms with Crippen molar-refractivity contribution < 1.29 is 17.9 Å². The summed E-state index contributed by atoms with van der Waals surface area (Å²) in [5.41, 5.74) is 5.20. The van der Waals surface area contributed by atoms with Crippen molar-refractivity contribution in [2.45, 2.75) is 23.8 Å². The summed E-state index contributed by atoms with van der Waals surface area (Å²) in [5.74, 6) is -0.446. The van der Waals surface area contributed by atoms with Crippen molar-refractivity contribution in [3.8, 4) is 5.75 Å². The van der Waals surface area contributed by atoms with E-state index in [0.717, 1.165) is 18.9 Å². The van der Waals surface area contributed by atoms with Gasteiger partial charge in [-0.25, -0.2) is 13.6 Å². The maximum atomic E-state index is 11.2. The lowest BCUT2D eigenvalue weighted by molar-refractivity contribution is 0.0996. The van der Waals surface area contributed by atoms with E-state index in [1.54, 1.807) is 0 Å². The number of primary amides is 1. The van der Waals surface area contributed by atoms with Crippen LogP contribution in [0.4, 0.5) is 0 Å². The molecule has 1 aliphatic carbocycles. The molecule has 1 saturated carbocycles. The van der Waals surface area contributed by atoms with Crippen LogP contribution in [0.5, 0.6) is 5.75 Å². The number of carbonyl (C=O) groups excluding carboxylic acids is 1. The molecule has 1 aromatic carbocycles. The summed E-state index contributed by atoms with van der Waals surface area (Å²) in [6.45, 7) is 0. The molecule has 7 heteroatoms. The molecule has 0 spiro atoms. The van der Waals surface area contributed by atoms with Gasteiger partial charge in [-0.2, -0.15) is 0 Å². The van der Waals surface area contributed by atoms with E-state index < -0.39 is 15.9 Å². The Hall–Kier alpha value is -1.60. The van der Waals surface area contributed by atoms with Gasteiger partial charge in [0.15, 0.2) is 0 Å². The predicted molar refractivity (Wildman–Crippen MR) is 60.0 cm³/mol. The fourth-order valence-corrected chi connectivity index (χ4v) is 1.89. The van der Waals surface area contributed by atoms with Crippen LogP contribution < -0.4 is 15.6 Å². The van der Waals surface area contributed by atoms with E-state index in [2.05, 4.69) is 0 Å². The van der Waals surface area contributed by atoms with Crippen molar-refractivity contribution in [3.63, 3.8) is 0 Å². The summed E-state index contributed by atoms with van der Waals surface area (Å²) in [6.07, 6.45) is 1.94. The molecule has 0 bridgehead atoms. The lowest BCUT2D eigenvalue weighted by Gasteiger charge is -2.09. The van der Waals surface area contributed by atoms with Gasteiger partial charge >= 0.3 is 0 Å². The Labute approximate surface area is 98.6 Å². The molecular formula is C10H12N2O4S. The third-order valence-corrected chi connectivity index (χ3v) is 3.27. The van der Waals surface area contributed by atoms with E-state index >= 15 is 0 Å². The van der Waals surface area contributed by atoms with E-state index in [4.69, 9.17) is 15.6 Å². The largest absolute Gasteiger partial charge is 0.490 e. The second kappa shape index (κ2) is 4.01. The monoisotopic (exact) mass is 256 g/mol. The Balaban J connectivity index is 2.43. The molecule has 0 atom stereocenters. The molecule has 17 heavy (non-hydrogen) atoms. The lowest BCUT2D eigenvalue weighted by atomic mass is 10.2. The molecule has 0 radical (unpaired) electrons. The number of benzene rings is 1. The molecule has 2 rings (SSSR count). The SMILES string of the molecule is NC(=O)c1cc(S(N)(=O)=O)ccc1OC1CC1. The fraction of sp³-hybridized carbons (Fsp3) is 0.300. The van der Waals surface area contributed by atoms with E-state index in [0.29, 0.717) is 5.75 Å². The summed E-state index contributed by atoms with van der Waals surface area (Å²) in [7, 11) is -3.85. The smallest absolute Gasteiger partial charge is 0.252 e. The summed E-state index contributed by atoms with van der Waals surface area (Å²) >= 11 is 0. The molecule has 1 aliphatic rings. The van der Waals surface area contributed by atoms with Crippen LogP contribution >= 0.6 is 0 Å². The van der Waals surface area contributed by atoms with Crippen molar-refractivity contribution in [2.75, 3.05) is 0 Å². The van der Waals surface area contributed by atoms with Crippen LogP contribution in [0.1, 0.15) is 23.2 Å². The number of hydrogen-bond donors (Lipinski definition) is 2. The van der Waals surface area contributed by atoms with Gasteiger partial charge in [0.1, 0.15) is 5.75 Å². The van der Waals surface area contributed by atoms with Crippen LogP contribution in [-0.4, -0.2) is 20.4 Å². The van der Waals surface area contributed by atoms with E-state index in [-0.39, 0.29) is 16.6 Å². The highest BCUT2D eigenvalue weighted by atomic mass is 32.2. The van der Waals surface area contributed by atoms with Crippen LogP contribution in [0, 0.1) is 0 Å². The first-order valence-corrected chi connectivity index (χ1v) is 6.56. The van der Waals surface area contributed by atoms with Crippen molar-refractivity contribution in [1.29, 1.82) is 0 Å². The molecule has 4 N–H and O–H groups in total. The van der Waals surface area contributed by atoms with Gasteiger partial charge in [0, 0.05) is 0 Å². The zero-order valence-electron chi connectivity index (χ0n) is 8.92. The minimum Gasteiger partial charge on any atom is -0.490 e. The minimum atomic E-state index is -3.85. The van der Waals surface area contributed by atoms with Gasteiger partial charge in [-0.3, -0.25) is 4.79 Å². The number of primary sulfonamides is 1. The molecule has 0 aliphatic heterocycles. The van der Waals surface area contributed by atoms with Gasteiger partial charge in [-0.05, 0) is 31.0 Å². The number of rotatable bonds is 4. The van der Waals surface area contributed by atoms with Crippen LogP contribution in [-0.2, 0) is 10.0 Å². The minimum absolute atomic E-state index is 0.0309. The molecule has 1 aromatic rings. The molecule has 1 fully saturated rings. The third kappa shape index (κ3) is 2.75. The van der Waals surface area contributed by atoms with Crippen LogP contribution in [0.3, 0.4) is 0 Å². The maximum absolute atomic E-state index is 11.2. The van der Waals surface area contributed by atoms with Gasteiger partial charge in [-0.15, -0.1) is 0 Å². The van der Waals surface area contributed by atoms with Gasteiger partial charge in [0.25, 0.3) is 5.91 Å². The highest BCUT2D eigenvalue weighted by Gasteiger charge is 2.26. The second-order valence-corrected chi connectivity index (χ2v) is 5.45. The number of hydrogen-bond acceptors (Lipinski definition) is 4. The fourth-order valence-electron chi connectivity index (χ4n) is 1.35. The predicted octanol–water partition coefficient (Wildman–Crippen LogP) is -0.0259. The molecule has 1 amide bonds. The first-order valence-electron chi connectivity index (χ1n) is 5.01. The molecule has 0 aromatic heterocycles. The van der Waals surface area contributed by atoms with Crippen LogP contribution in [0.15, 0.2) is 23.1 Å². The number of carbonyl (C=O) groups is 1. The van der Waals surface area contributed by atoms with Crippen LogP contribution in [0.2, 0.25) is 0 Å². The van der Waals surface area contributed by atoms with Gasteiger partial charge in [0.2, 0.25) is 10.0 Å². The van der Waals surface area contributed by atoms with E-state index in [1.807, 2.05) is 0 Å². The van der Waals surface area contributed by atoms with Crippen molar-refractivity contribution in [2.24, 2.45) is 10.9 Å². The maximum Gasteiger partial charge on any atom is 0.252 e. The van der Waals surface area contributed by atoms with Gasteiger partial charge in [-0.1, -0.05) is 0 Å². The van der Waals surface area contributed by atoms with E-state index in [9.17, 15) is 13.2 Å². The topological polar surface area (TPSA) is 112 Å². The molecule has 0 heterocycles. The average Bonchev–Trinajstić information content (AvgIpc) is 3.00. The van der Waals surface area contributed by atoms with Crippen molar-refractivity contribution in [1.82, 2.24) is 0 Å².